The quantitative estimate of drug-likeness (QED) is 0.745. The van der Waals surface area contributed by atoms with Gasteiger partial charge in [-0.05, 0) is 25.7 Å². The van der Waals surface area contributed by atoms with Crippen molar-refractivity contribution in [1.29, 1.82) is 0 Å². The number of aliphatic hydroxyl groups is 1. The van der Waals surface area contributed by atoms with E-state index in [1.165, 1.54) is 6.20 Å². The van der Waals surface area contributed by atoms with E-state index in [4.69, 9.17) is 4.74 Å². The van der Waals surface area contributed by atoms with Gasteiger partial charge in [-0.15, -0.1) is 0 Å². The van der Waals surface area contributed by atoms with E-state index in [9.17, 15) is 9.90 Å². The molecule has 1 amide bonds. The van der Waals surface area contributed by atoms with E-state index in [1.807, 2.05) is 0 Å². The number of nitrogens with zero attached hydrogens (tertiary/aromatic N) is 2. The molecule has 2 N–H and O–H groups in total. The summed E-state index contributed by atoms with van der Waals surface area (Å²) in [6, 6.07) is 0. The molecule has 6 heteroatoms. The highest BCUT2D eigenvalue weighted by atomic mass is 16.5. The topological polar surface area (TPSA) is 84.3 Å². The molecule has 0 spiro atoms. The number of hydrogen-bond acceptors (Lipinski definition) is 5. The smallest absolute Gasteiger partial charge is 0.212 e. The van der Waals surface area contributed by atoms with Gasteiger partial charge in [-0.2, -0.15) is 0 Å². The minimum absolute atomic E-state index is 0.429. The fraction of sp³-hybridized carbons (Fsp3) is 0.583. The number of anilines is 1. The van der Waals surface area contributed by atoms with Crippen LogP contribution in [0.2, 0.25) is 0 Å². The number of aromatic nitrogens is 2. The molecule has 18 heavy (non-hydrogen) atoms. The Labute approximate surface area is 105 Å². The van der Waals surface area contributed by atoms with Gasteiger partial charge in [-0.25, -0.2) is 4.98 Å². The molecule has 0 radical (unpaired) electrons. The lowest BCUT2D eigenvalue weighted by atomic mass is 9.89. The lowest BCUT2D eigenvalue weighted by Gasteiger charge is -2.31. The Balaban J connectivity index is 1.87. The first kappa shape index (κ1) is 12.9. The van der Waals surface area contributed by atoms with Crippen molar-refractivity contribution in [2.45, 2.75) is 31.3 Å². The highest BCUT2D eigenvalue weighted by molar-refractivity contribution is 5.67. The van der Waals surface area contributed by atoms with E-state index < -0.39 is 5.60 Å². The molecule has 1 aliphatic heterocycles. The molecule has 2 heterocycles. The van der Waals surface area contributed by atoms with E-state index in [1.54, 1.807) is 6.20 Å². The summed E-state index contributed by atoms with van der Waals surface area (Å²) in [7, 11) is 0. The first-order chi connectivity index (χ1) is 8.72. The average molecular weight is 251 g/mol. The fourth-order valence-electron chi connectivity index (χ4n) is 1.98. The Hall–Kier alpha value is -1.53. The normalized spacial score (nSPS) is 18.3. The van der Waals surface area contributed by atoms with E-state index in [0.29, 0.717) is 51.1 Å². The maximum absolute atomic E-state index is 10.3. The standard InChI is InChI=1S/C12H17N3O3/c16-9-15-11-8-13-10(7-14-11)1-2-12(17)3-5-18-6-4-12/h7-9,17H,1-6H2,(H,14,15,16). The minimum Gasteiger partial charge on any atom is -0.390 e. The zero-order chi connectivity index (χ0) is 12.8. The molecule has 2 rings (SSSR count). The zero-order valence-corrected chi connectivity index (χ0v) is 10.1. The number of rotatable bonds is 5. The second kappa shape index (κ2) is 5.88. The first-order valence-corrected chi connectivity index (χ1v) is 6.03. The third-order valence-electron chi connectivity index (χ3n) is 3.18. The van der Waals surface area contributed by atoms with Gasteiger partial charge in [0, 0.05) is 13.2 Å². The van der Waals surface area contributed by atoms with Crippen LogP contribution in [0.1, 0.15) is 25.0 Å². The number of nitrogens with one attached hydrogen (secondary N) is 1. The number of carbonyl (C=O) groups is 1. The Morgan fingerprint density at radius 3 is 2.78 bits per heavy atom. The van der Waals surface area contributed by atoms with Crippen LogP contribution >= 0.6 is 0 Å². The number of amides is 1. The van der Waals surface area contributed by atoms with Crippen LogP contribution in [0.5, 0.6) is 0 Å². The van der Waals surface area contributed by atoms with Crippen LogP contribution in [0, 0.1) is 0 Å². The van der Waals surface area contributed by atoms with Crippen LogP contribution in [-0.2, 0) is 16.0 Å². The van der Waals surface area contributed by atoms with Gasteiger partial charge in [0.15, 0.2) is 5.82 Å². The summed E-state index contributed by atoms with van der Waals surface area (Å²) in [6.45, 7) is 1.23. The van der Waals surface area contributed by atoms with E-state index in [2.05, 4.69) is 15.3 Å². The fourth-order valence-corrected chi connectivity index (χ4v) is 1.98. The summed E-state index contributed by atoms with van der Waals surface area (Å²) in [5.41, 5.74) is 0.172. The second-order valence-corrected chi connectivity index (χ2v) is 4.49. The number of ether oxygens (including phenoxy) is 1. The summed E-state index contributed by atoms with van der Waals surface area (Å²) >= 11 is 0. The molecule has 0 atom stereocenters. The highest BCUT2D eigenvalue weighted by Crippen LogP contribution is 2.25. The van der Waals surface area contributed by atoms with Crippen molar-refractivity contribution >= 4 is 12.2 Å². The summed E-state index contributed by atoms with van der Waals surface area (Å²) in [5, 5.41) is 12.7. The number of carbonyl (C=O) groups excluding carboxylic acids is 1. The van der Waals surface area contributed by atoms with Crippen LogP contribution in [0.3, 0.4) is 0 Å². The SMILES string of the molecule is O=CNc1cnc(CCC2(O)CCOCC2)cn1. The van der Waals surface area contributed by atoms with Crippen LogP contribution in [0.15, 0.2) is 12.4 Å². The maximum atomic E-state index is 10.3. The van der Waals surface area contributed by atoms with Gasteiger partial charge in [0.2, 0.25) is 6.41 Å². The van der Waals surface area contributed by atoms with Crippen LogP contribution in [-0.4, -0.2) is 40.3 Å². The van der Waals surface area contributed by atoms with Crippen molar-refractivity contribution in [3.63, 3.8) is 0 Å². The van der Waals surface area contributed by atoms with Crippen LogP contribution < -0.4 is 5.32 Å². The Kier molecular flexibility index (Phi) is 4.22. The Bertz CT molecular complexity index is 388. The molecule has 1 aromatic heterocycles. The Morgan fingerprint density at radius 2 is 2.17 bits per heavy atom. The molecule has 0 saturated carbocycles. The zero-order valence-electron chi connectivity index (χ0n) is 10.1. The largest absolute Gasteiger partial charge is 0.390 e. The van der Waals surface area contributed by atoms with Crippen molar-refractivity contribution in [3.8, 4) is 0 Å². The van der Waals surface area contributed by atoms with Gasteiger partial charge in [0.1, 0.15) is 0 Å². The third-order valence-corrected chi connectivity index (χ3v) is 3.18. The van der Waals surface area contributed by atoms with E-state index in [0.717, 1.165) is 5.69 Å². The van der Waals surface area contributed by atoms with Crippen LogP contribution in [0.4, 0.5) is 5.82 Å². The predicted octanol–water partition coefficient (Wildman–Crippen LogP) is 0.519. The van der Waals surface area contributed by atoms with E-state index >= 15 is 0 Å². The van der Waals surface area contributed by atoms with Crippen molar-refractivity contribution in [2.75, 3.05) is 18.5 Å². The summed E-state index contributed by atoms with van der Waals surface area (Å²) in [5.74, 6) is 0.429. The summed E-state index contributed by atoms with van der Waals surface area (Å²) < 4.78 is 5.23. The molecule has 1 aromatic rings. The van der Waals surface area contributed by atoms with Gasteiger partial charge >= 0.3 is 0 Å². The molecule has 1 saturated heterocycles. The lowest BCUT2D eigenvalue weighted by molar-refractivity contribution is -0.105. The van der Waals surface area contributed by atoms with Gasteiger partial charge in [-0.3, -0.25) is 9.78 Å². The monoisotopic (exact) mass is 251 g/mol. The second-order valence-electron chi connectivity index (χ2n) is 4.49. The van der Waals surface area contributed by atoms with Gasteiger partial charge < -0.3 is 15.2 Å². The molecule has 0 unspecified atom stereocenters. The minimum atomic E-state index is -0.639. The van der Waals surface area contributed by atoms with Crippen LogP contribution in [0.25, 0.3) is 0 Å². The van der Waals surface area contributed by atoms with Gasteiger partial charge in [0.05, 0.1) is 23.7 Å². The first-order valence-electron chi connectivity index (χ1n) is 6.03. The van der Waals surface area contributed by atoms with Gasteiger partial charge in [0.25, 0.3) is 0 Å². The molecule has 0 bridgehead atoms. The Morgan fingerprint density at radius 1 is 1.39 bits per heavy atom. The molecular formula is C12H17N3O3. The van der Waals surface area contributed by atoms with Crippen molar-refractivity contribution in [2.24, 2.45) is 0 Å². The molecule has 0 aromatic carbocycles. The average Bonchev–Trinajstić information content (AvgIpc) is 2.39. The highest BCUT2D eigenvalue weighted by Gasteiger charge is 2.29. The summed E-state index contributed by atoms with van der Waals surface area (Å²) in [4.78, 5) is 18.4. The number of hydrogen-bond donors (Lipinski definition) is 2. The third kappa shape index (κ3) is 3.48. The molecule has 98 valence electrons. The van der Waals surface area contributed by atoms with E-state index in [-0.39, 0.29) is 0 Å². The van der Waals surface area contributed by atoms with Crippen molar-refractivity contribution < 1.29 is 14.6 Å². The van der Waals surface area contributed by atoms with Gasteiger partial charge in [-0.1, -0.05) is 0 Å². The lowest BCUT2D eigenvalue weighted by Crippen LogP contribution is -2.36. The maximum Gasteiger partial charge on any atom is 0.212 e. The predicted molar refractivity (Wildman–Crippen MR) is 65.0 cm³/mol. The molecular weight excluding hydrogens is 234 g/mol. The summed E-state index contributed by atoms with van der Waals surface area (Å²) in [6.07, 6.45) is 6.37. The molecule has 0 aliphatic carbocycles. The van der Waals surface area contributed by atoms with Crippen molar-refractivity contribution in [3.05, 3.63) is 18.1 Å². The molecule has 1 aliphatic rings. The van der Waals surface area contributed by atoms with Crippen molar-refractivity contribution in [1.82, 2.24) is 9.97 Å². The number of aryl methyl sites for hydroxylation is 1. The molecule has 1 fully saturated rings. The molecule has 6 nitrogen and oxygen atoms in total.